The molecule has 0 aliphatic rings. The van der Waals surface area contributed by atoms with Crippen molar-refractivity contribution in [1.29, 1.82) is 0 Å². The van der Waals surface area contributed by atoms with Crippen molar-refractivity contribution in [3.8, 4) is 11.5 Å². The van der Waals surface area contributed by atoms with E-state index in [1.54, 1.807) is 14.2 Å². The summed E-state index contributed by atoms with van der Waals surface area (Å²) in [4.78, 5) is 4.65. The normalized spacial score (nSPS) is 11.1. The van der Waals surface area contributed by atoms with E-state index in [2.05, 4.69) is 43.7 Å². The molecule has 0 saturated carbocycles. The van der Waals surface area contributed by atoms with Crippen LogP contribution in [0.2, 0.25) is 0 Å². The maximum atomic E-state index is 5.38. The van der Waals surface area contributed by atoms with Gasteiger partial charge in [0.15, 0.2) is 17.5 Å². The second kappa shape index (κ2) is 9.93. The minimum atomic E-state index is 0.531. The third kappa shape index (κ3) is 5.67. The minimum absolute atomic E-state index is 0.531. The number of ether oxygens (including phenoxy) is 2. The highest BCUT2D eigenvalue weighted by molar-refractivity contribution is 9.10. The highest BCUT2D eigenvalue weighted by atomic mass is 79.9. The van der Waals surface area contributed by atoms with Crippen molar-refractivity contribution in [2.45, 2.75) is 20.0 Å². The summed E-state index contributed by atoms with van der Waals surface area (Å²) in [6, 6.07) is 14.2. The van der Waals surface area contributed by atoms with Crippen LogP contribution in [0.25, 0.3) is 0 Å². The Kier molecular flexibility index (Phi) is 7.60. The predicted octanol–water partition coefficient (Wildman–Crippen LogP) is 3.72. The van der Waals surface area contributed by atoms with Gasteiger partial charge in [0, 0.05) is 13.1 Å². The van der Waals surface area contributed by atoms with Crippen molar-refractivity contribution < 1.29 is 9.47 Å². The molecule has 6 heteroatoms. The van der Waals surface area contributed by atoms with Crippen molar-refractivity contribution >= 4 is 21.9 Å². The summed E-state index contributed by atoms with van der Waals surface area (Å²) in [5, 5.41) is 6.60. The van der Waals surface area contributed by atoms with Crippen LogP contribution in [0, 0.1) is 0 Å². The first-order valence-corrected chi connectivity index (χ1v) is 8.93. The molecule has 0 bridgehead atoms. The molecule has 0 unspecified atom stereocenters. The van der Waals surface area contributed by atoms with Gasteiger partial charge in [0.25, 0.3) is 0 Å². The molecule has 2 N–H and O–H groups in total. The number of nitrogens with one attached hydrogen (secondary N) is 2. The number of methoxy groups -OCH3 is 2. The van der Waals surface area contributed by atoms with Crippen LogP contribution >= 0.6 is 15.9 Å². The van der Waals surface area contributed by atoms with E-state index in [1.807, 2.05) is 37.3 Å². The van der Waals surface area contributed by atoms with E-state index in [0.717, 1.165) is 29.1 Å². The van der Waals surface area contributed by atoms with Crippen LogP contribution < -0.4 is 20.1 Å². The summed E-state index contributed by atoms with van der Waals surface area (Å²) < 4.78 is 11.6. The number of hydrogen-bond acceptors (Lipinski definition) is 3. The zero-order valence-corrected chi connectivity index (χ0v) is 16.4. The fourth-order valence-electron chi connectivity index (χ4n) is 2.36. The van der Waals surface area contributed by atoms with E-state index in [-0.39, 0.29) is 0 Å². The maximum Gasteiger partial charge on any atom is 0.191 e. The van der Waals surface area contributed by atoms with E-state index in [9.17, 15) is 0 Å². The molecule has 0 aromatic heterocycles. The maximum absolute atomic E-state index is 5.38. The van der Waals surface area contributed by atoms with Gasteiger partial charge in [0.05, 0.1) is 25.2 Å². The molecule has 0 atom stereocenters. The molecular formula is C19H24BrN3O2. The monoisotopic (exact) mass is 405 g/mol. The van der Waals surface area contributed by atoms with Crippen LogP contribution in [0.15, 0.2) is 51.9 Å². The summed E-state index contributed by atoms with van der Waals surface area (Å²) in [5.74, 6) is 2.14. The largest absolute Gasteiger partial charge is 0.493 e. The molecule has 0 amide bonds. The van der Waals surface area contributed by atoms with Gasteiger partial charge in [-0.3, -0.25) is 0 Å². The fraction of sp³-hybridized carbons (Fsp3) is 0.316. The van der Waals surface area contributed by atoms with Crippen LogP contribution in [-0.2, 0) is 13.1 Å². The molecule has 0 saturated heterocycles. The zero-order chi connectivity index (χ0) is 18.1. The summed E-state index contributed by atoms with van der Waals surface area (Å²) in [5.41, 5.74) is 2.24. The van der Waals surface area contributed by atoms with Crippen molar-refractivity contribution in [3.05, 3.63) is 58.1 Å². The Morgan fingerprint density at radius 2 is 1.80 bits per heavy atom. The van der Waals surface area contributed by atoms with Crippen molar-refractivity contribution in [2.75, 3.05) is 20.8 Å². The topological polar surface area (TPSA) is 54.9 Å². The number of halogens is 1. The number of benzene rings is 2. The Bertz CT molecular complexity index is 705. The van der Waals surface area contributed by atoms with Crippen LogP contribution in [0.3, 0.4) is 0 Å². The van der Waals surface area contributed by atoms with Crippen molar-refractivity contribution in [1.82, 2.24) is 10.6 Å². The van der Waals surface area contributed by atoms with E-state index in [4.69, 9.17) is 9.47 Å². The lowest BCUT2D eigenvalue weighted by Crippen LogP contribution is -2.36. The van der Waals surface area contributed by atoms with E-state index < -0.39 is 0 Å². The average molecular weight is 406 g/mol. The molecule has 134 valence electrons. The molecule has 0 aliphatic carbocycles. The molecule has 0 radical (unpaired) electrons. The number of rotatable bonds is 7. The second-order valence-corrected chi connectivity index (χ2v) is 6.20. The molecule has 0 fully saturated rings. The van der Waals surface area contributed by atoms with Crippen LogP contribution in [0.5, 0.6) is 11.5 Å². The summed E-state index contributed by atoms with van der Waals surface area (Å²) in [6.07, 6.45) is 0. The molecule has 25 heavy (non-hydrogen) atoms. The van der Waals surface area contributed by atoms with Crippen molar-refractivity contribution in [3.63, 3.8) is 0 Å². The Labute approximate surface area is 157 Å². The van der Waals surface area contributed by atoms with Gasteiger partial charge in [0.2, 0.25) is 0 Å². The highest BCUT2D eigenvalue weighted by Crippen LogP contribution is 2.36. The van der Waals surface area contributed by atoms with Gasteiger partial charge in [-0.05, 0) is 46.1 Å². The quantitative estimate of drug-likeness (QED) is 0.544. The van der Waals surface area contributed by atoms with E-state index >= 15 is 0 Å². The second-order valence-electron chi connectivity index (χ2n) is 5.35. The minimum Gasteiger partial charge on any atom is -0.493 e. The van der Waals surface area contributed by atoms with Gasteiger partial charge in [-0.1, -0.05) is 30.3 Å². The number of guanidine groups is 1. The number of hydrogen-bond donors (Lipinski definition) is 2. The van der Waals surface area contributed by atoms with Gasteiger partial charge in [-0.15, -0.1) is 0 Å². The smallest absolute Gasteiger partial charge is 0.191 e. The lowest BCUT2D eigenvalue weighted by Gasteiger charge is -2.13. The first-order chi connectivity index (χ1) is 12.2. The van der Waals surface area contributed by atoms with Crippen molar-refractivity contribution in [2.24, 2.45) is 4.99 Å². The molecule has 2 rings (SSSR count). The Hall–Kier alpha value is -2.21. The van der Waals surface area contributed by atoms with Gasteiger partial charge in [-0.25, -0.2) is 4.99 Å². The predicted molar refractivity (Wildman–Crippen MR) is 105 cm³/mol. The third-order valence-corrected chi connectivity index (χ3v) is 4.15. The summed E-state index contributed by atoms with van der Waals surface area (Å²) >= 11 is 3.51. The zero-order valence-electron chi connectivity index (χ0n) is 14.8. The van der Waals surface area contributed by atoms with Gasteiger partial charge < -0.3 is 20.1 Å². The lowest BCUT2D eigenvalue weighted by atomic mass is 10.2. The van der Waals surface area contributed by atoms with Crippen LogP contribution in [-0.4, -0.2) is 26.7 Å². The molecule has 0 aliphatic heterocycles. The number of nitrogens with zero attached hydrogens (tertiary/aromatic N) is 1. The van der Waals surface area contributed by atoms with Crippen LogP contribution in [0.1, 0.15) is 18.1 Å². The SMILES string of the molecule is CCNC(=NCc1cc(Br)c(OC)c(OC)c1)NCc1ccccc1. The highest BCUT2D eigenvalue weighted by Gasteiger charge is 2.10. The Morgan fingerprint density at radius 1 is 1.04 bits per heavy atom. The Balaban J connectivity index is 2.09. The third-order valence-electron chi connectivity index (χ3n) is 3.56. The first kappa shape index (κ1) is 19.1. The molecule has 0 heterocycles. The van der Waals surface area contributed by atoms with Gasteiger partial charge in [-0.2, -0.15) is 0 Å². The Morgan fingerprint density at radius 3 is 2.44 bits per heavy atom. The first-order valence-electron chi connectivity index (χ1n) is 8.14. The molecule has 2 aromatic rings. The molecule has 2 aromatic carbocycles. The molecule has 0 spiro atoms. The van der Waals surface area contributed by atoms with Gasteiger partial charge >= 0.3 is 0 Å². The van der Waals surface area contributed by atoms with Crippen LogP contribution in [0.4, 0.5) is 0 Å². The number of aliphatic imine (C=N–C) groups is 1. The summed E-state index contributed by atoms with van der Waals surface area (Å²) in [6.45, 7) is 4.11. The average Bonchev–Trinajstić information content (AvgIpc) is 2.64. The summed E-state index contributed by atoms with van der Waals surface area (Å²) in [7, 11) is 3.25. The van der Waals surface area contributed by atoms with E-state index in [1.165, 1.54) is 5.56 Å². The molecule has 5 nitrogen and oxygen atoms in total. The van der Waals surface area contributed by atoms with Gasteiger partial charge in [0.1, 0.15) is 0 Å². The molecular weight excluding hydrogens is 382 g/mol. The fourth-order valence-corrected chi connectivity index (χ4v) is 3.01. The van der Waals surface area contributed by atoms with E-state index in [0.29, 0.717) is 18.0 Å². The lowest BCUT2D eigenvalue weighted by molar-refractivity contribution is 0.352. The standard InChI is InChI=1S/C19H24BrN3O2/c1-4-21-19(22-12-14-8-6-5-7-9-14)23-13-15-10-16(20)18(25-3)17(11-15)24-2/h5-11H,4,12-13H2,1-3H3,(H2,21,22,23).